The van der Waals surface area contributed by atoms with Crippen LogP contribution in [0.25, 0.3) is 0 Å². The number of amides is 1. The second-order valence-electron chi connectivity index (χ2n) is 3.86. The van der Waals surface area contributed by atoms with Crippen molar-refractivity contribution in [3.8, 4) is 0 Å². The van der Waals surface area contributed by atoms with Gasteiger partial charge < -0.3 is 5.32 Å². The Morgan fingerprint density at radius 1 is 1.17 bits per heavy atom. The van der Waals surface area contributed by atoms with E-state index < -0.39 is 0 Å². The van der Waals surface area contributed by atoms with Gasteiger partial charge in [-0.15, -0.1) is 0 Å². The Bertz CT molecular complexity index is 537. The lowest BCUT2D eigenvalue weighted by molar-refractivity contribution is 0.0950. The molecule has 18 heavy (non-hydrogen) atoms. The molecule has 2 aromatic rings. The molecule has 0 unspecified atom stereocenters. The number of hydrogen-bond acceptors (Lipinski definition) is 3. The summed E-state index contributed by atoms with van der Waals surface area (Å²) in [4.78, 5) is 11.8. The normalized spacial score (nSPS) is 10.1. The first-order chi connectivity index (χ1) is 8.65. The number of hydrogen-bond donors (Lipinski definition) is 1. The molecule has 0 aliphatic carbocycles. The molecule has 1 heterocycles. The van der Waals surface area contributed by atoms with Gasteiger partial charge in [-0.1, -0.05) is 11.6 Å². The fraction of sp³-hybridized carbons (Fsp3) is 0.154. The van der Waals surface area contributed by atoms with E-state index in [1.807, 2.05) is 19.1 Å². The molecule has 5 heteroatoms. The lowest BCUT2D eigenvalue weighted by Crippen LogP contribution is -2.23. The highest BCUT2D eigenvalue weighted by Crippen LogP contribution is 2.09. The Morgan fingerprint density at radius 2 is 1.89 bits per heavy atom. The lowest BCUT2D eigenvalue weighted by atomic mass is 10.2. The number of aryl methyl sites for hydroxylation is 1. The Balaban J connectivity index is 1.96. The Hall–Kier alpha value is -1.94. The highest BCUT2D eigenvalue weighted by molar-refractivity contribution is 6.30. The van der Waals surface area contributed by atoms with E-state index >= 15 is 0 Å². The second kappa shape index (κ2) is 5.60. The summed E-state index contributed by atoms with van der Waals surface area (Å²) in [5, 5.41) is 11.3. The second-order valence-corrected chi connectivity index (χ2v) is 4.29. The van der Waals surface area contributed by atoms with E-state index in [-0.39, 0.29) is 5.91 Å². The third-order valence-electron chi connectivity index (χ3n) is 2.39. The van der Waals surface area contributed by atoms with Crippen molar-refractivity contribution in [2.45, 2.75) is 13.5 Å². The predicted octanol–water partition coefficient (Wildman–Crippen LogP) is 2.37. The molecule has 2 rings (SSSR count). The quantitative estimate of drug-likeness (QED) is 0.923. The van der Waals surface area contributed by atoms with Gasteiger partial charge >= 0.3 is 0 Å². The summed E-state index contributed by atoms with van der Waals surface area (Å²) in [6.07, 6.45) is 0. The molecular weight excluding hydrogens is 250 g/mol. The van der Waals surface area contributed by atoms with Crippen LogP contribution in [-0.2, 0) is 6.54 Å². The standard InChI is InChI=1S/C13H12ClN3O/c1-9-2-7-12(17-16-9)8-15-13(18)10-3-5-11(14)6-4-10/h2-7H,8H2,1H3,(H,15,18). The number of halogens is 1. The number of benzene rings is 1. The zero-order chi connectivity index (χ0) is 13.0. The summed E-state index contributed by atoms with van der Waals surface area (Å²) in [6, 6.07) is 10.4. The number of carbonyl (C=O) groups is 1. The summed E-state index contributed by atoms with van der Waals surface area (Å²) in [5.41, 5.74) is 2.14. The van der Waals surface area contributed by atoms with Crippen molar-refractivity contribution in [3.05, 3.63) is 58.4 Å². The van der Waals surface area contributed by atoms with Crippen LogP contribution in [0.1, 0.15) is 21.7 Å². The van der Waals surface area contributed by atoms with Crippen LogP contribution in [0.2, 0.25) is 5.02 Å². The van der Waals surface area contributed by atoms with E-state index in [9.17, 15) is 4.79 Å². The largest absolute Gasteiger partial charge is 0.346 e. The van der Waals surface area contributed by atoms with Crippen LogP contribution < -0.4 is 5.32 Å². The zero-order valence-corrected chi connectivity index (χ0v) is 10.6. The fourth-order valence-electron chi connectivity index (χ4n) is 1.39. The molecule has 92 valence electrons. The first kappa shape index (κ1) is 12.5. The molecule has 0 spiro atoms. The summed E-state index contributed by atoms with van der Waals surface area (Å²) >= 11 is 5.75. The van der Waals surface area contributed by atoms with Crippen molar-refractivity contribution in [2.75, 3.05) is 0 Å². The first-order valence-electron chi connectivity index (χ1n) is 5.48. The van der Waals surface area contributed by atoms with E-state index in [2.05, 4.69) is 15.5 Å². The van der Waals surface area contributed by atoms with Gasteiger partial charge in [0.15, 0.2) is 0 Å². The third-order valence-corrected chi connectivity index (χ3v) is 2.64. The molecule has 0 aliphatic heterocycles. The van der Waals surface area contributed by atoms with Crippen LogP contribution in [0.15, 0.2) is 36.4 Å². The summed E-state index contributed by atoms with van der Waals surface area (Å²) < 4.78 is 0. The van der Waals surface area contributed by atoms with E-state index in [1.54, 1.807) is 24.3 Å². The molecule has 1 N–H and O–H groups in total. The number of nitrogens with one attached hydrogen (secondary N) is 1. The van der Waals surface area contributed by atoms with E-state index in [1.165, 1.54) is 0 Å². The van der Waals surface area contributed by atoms with Crippen molar-refractivity contribution < 1.29 is 4.79 Å². The minimum Gasteiger partial charge on any atom is -0.346 e. The first-order valence-corrected chi connectivity index (χ1v) is 5.86. The Kier molecular flexibility index (Phi) is 3.89. The Labute approximate surface area is 110 Å². The number of rotatable bonds is 3. The predicted molar refractivity (Wildman–Crippen MR) is 69.4 cm³/mol. The molecule has 0 radical (unpaired) electrons. The zero-order valence-electron chi connectivity index (χ0n) is 9.85. The number of aromatic nitrogens is 2. The summed E-state index contributed by atoms with van der Waals surface area (Å²) in [7, 11) is 0. The molecule has 0 atom stereocenters. The average molecular weight is 262 g/mol. The van der Waals surface area contributed by atoms with Crippen molar-refractivity contribution in [2.24, 2.45) is 0 Å². The van der Waals surface area contributed by atoms with E-state index in [0.717, 1.165) is 11.4 Å². The van der Waals surface area contributed by atoms with Crippen LogP contribution in [0.5, 0.6) is 0 Å². The molecule has 1 aromatic heterocycles. The topological polar surface area (TPSA) is 54.9 Å². The maximum atomic E-state index is 11.8. The van der Waals surface area contributed by atoms with Gasteiger partial charge in [0.25, 0.3) is 5.91 Å². The molecule has 1 amide bonds. The van der Waals surface area contributed by atoms with Crippen molar-refractivity contribution in [1.29, 1.82) is 0 Å². The minimum atomic E-state index is -0.158. The van der Waals surface area contributed by atoms with Crippen molar-refractivity contribution in [1.82, 2.24) is 15.5 Å². The maximum Gasteiger partial charge on any atom is 0.251 e. The molecule has 0 saturated carbocycles. The molecule has 0 saturated heterocycles. The van der Waals surface area contributed by atoms with Gasteiger partial charge in [0.2, 0.25) is 0 Å². The van der Waals surface area contributed by atoms with Crippen LogP contribution in [-0.4, -0.2) is 16.1 Å². The Morgan fingerprint density at radius 3 is 2.50 bits per heavy atom. The highest BCUT2D eigenvalue weighted by atomic mass is 35.5. The van der Waals surface area contributed by atoms with Gasteiger partial charge in [-0.3, -0.25) is 4.79 Å². The van der Waals surface area contributed by atoms with Crippen molar-refractivity contribution in [3.63, 3.8) is 0 Å². The van der Waals surface area contributed by atoms with Gasteiger partial charge in [-0.25, -0.2) is 0 Å². The molecule has 0 fully saturated rings. The summed E-state index contributed by atoms with van der Waals surface area (Å²) in [6.45, 7) is 2.22. The number of carbonyl (C=O) groups excluding carboxylic acids is 1. The molecule has 0 bridgehead atoms. The number of nitrogens with zero attached hydrogens (tertiary/aromatic N) is 2. The van der Waals surface area contributed by atoms with E-state index in [4.69, 9.17) is 11.6 Å². The molecular formula is C13H12ClN3O. The minimum absolute atomic E-state index is 0.158. The van der Waals surface area contributed by atoms with Gasteiger partial charge in [-0.05, 0) is 43.3 Å². The molecule has 1 aromatic carbocycles. The molecule has 4 nitrogen and oxygen atoms in total. The van der Waals surface area contributed by atoms with Crippen LogP contribution in [0.3, 0.4) is 0 Å². The molecule has 0 aliphatic rings. The van der Waals surface area contributed by atoms with Crippen LogP contribution >= 0.6 is 11.6 Å². The average Bonchev–Trinajstić information content (AvgIpc) is 2.38. The van der Waals surface area contributed by atoms with Gasteiger partial charge in [0, 0.05) is 10.6 Å². The van der Waals surface area contributed by atoms with Crippen molar-refractivity contribution >= 4 is 17.5 Å². The van der Waals surface area contributed by atoms with Gasteiger partial charge in [0.1, 0.15) is 0 Å². The van der Waals surface area contributed by atoms with Gasteiger partial charge in [0.05, 0.1) is 17.9 Å². The van der Waals surface area contributed by atoms with Gasteiger partial charge in [-0.2, -0.15) is 10.2 Å². The van der Waals surface area contributed by atoms with E-state index in [0.29, 0.717) is 17.1 Å². The fourth-order valence-corrected chi connectivity index (χ4v) is 1.52. The SMILES string of the molecule is Cc1ccc(CNC(=O)c2ccc(Cl)cc2)nn1. The monoisotopic (exact) mass is 261 g/mol. The summed E-state index contributed by atoms with van der Waals surface area (Å²) in [5.74, 6) is -0.158. The third kappa shape index (κ3) is 3.28. The maximum absolute atomic E-state index is 11.8. The van der Waals surface area contributed by atoms with Crippen LogP contribution in [0, 0.1) is 6.92 Å². The highest BCUT2D eigenvalue weighted by Gasteiger charge is 2.05. The van der Waals surface area contributed by atoms with Crippen LogP contribution in [0.4, 0.5) is 0 Å². The smallest absolute Gasteiger partial charge is 0.251 e. The lowest BCUT2D eigenvalue weighted by Gasteiger charge is -2.04.